The fourth-order valence-electron chi connectivity index (χ4n) is 5.11. The van der Waals surface area contributed by atoms with Crippen LogP contribution in [-0.2, 0) is 18.0 Å². The van der Waals surface area contributed by atoms with Crippen LogP contribution in [0.3, 0.4) is 0 Å². The normalized spacial score (nSPS) is 10.6. The molecule has 9 heteroatoms. The van der Waals surface area contributed by atoms with Gasteiger partial charge in [-0.1, -0.05) is 48.0 Å². The van der Waals surface area contributed by atoms with Crippen LogP contribution < -0.4 is 14.2 Å². The molecule has 0 aliphatic heterocycles. The van der Waals surface area contributed by atoms with E-state index in [4.69, 9.17) is 31.1 Å². The van der Waals surface area contributed by atoms with Gasteiger partial charge in [0.05, 0.1) is 16.1 Å². The molecule has 0 spiro atoms. The molecule has 230 valence electrons. The predicted octanol–water partition coefficient (Wildman–Crippen LogP) is 8.24. The topological polar surface area (TPSA) is 98.5 Å². The summed E-state index contributed by atoms with van der Waals surface area (Å²) < 4.78 is 32.4. The third kappa shape index (κ3) is 7.06. The summed E-state index contributed by atoms with van der Waals surface area (Å²) in [4.78, 5) is 26.4. The highest BCUT2D eigenvalue weighted by atomic mass is 35.5. The zero-order chi connectivity index (χ0) is 32.6. The summed E-state index contributed by atoms with van der Waals surface area (Å²) in [7, 11) is 0. The molecule has 0 N–H and O–H groups in total. The first kappa shape index (κ1) is 31.9. The number of nitrogens with zero attached hydrogens (tertiary/aromatic N) is 2. The fraction of sp³-hybridized carbons (Fsp3) is 0.135. The standard InChI is InChI=1S/C37H28ClFN2O5/c1-23-27(22-46-37-16-36(28(20-43)14-34(37)38)45-21-26-13-25(17-40)18-41-19-26)5-3-6-30(23)31-7-4-8-32(24(31)2)33-10-9-29(15-35(33)39)44-12-11-42/h3-11,13-16,18-20H,12,21-22H2,1-2H3. The van der Waals surface area contributed by atoms with Gasteiger partial charge in [0.1, 0.15) is 49.0 Å². The third-order valence-electron chi connectivity index (χ3n) is 7.51. The monoisotopic (exact) mass is 634 g/mol. The highest BCUT2D eigenvalue weighted by Crippen LogP contribution is 2.37. The third-order valence-corrected chi connectivity index (χ3v) is 7.81. The Hall–Kier alpha value is -5.52. The van der Waals surface area contributed by atoms with Crippen LogP contribution in [0.5, 0.6) is 17.2 Å². The van der Waals surface area contributed by atoms with Crippen molar-refractivity contribution in [1.29, 1.82) is 5.26 Å². The van der Waals surface area contributed by atoms with Gasteiger partial charge in [-0.05, 0) is 71.5 Å². The van der Waals surface area contributed by atoms with Crippen LogP contribution in [0.4, 0.5) is 4.39 Å². The number of hydrogen-bond acceptors (Lipinski definition) is 7. The molecular formula is C37H28ClFN2O5. The zero-order valence-electron chi connectivity index (χ0n) is 25.1. The number of ether oxygens (including phenoxy) is 3. The lowest BCUT2D eigenvalue weighted by molar-refractivity contribution is -0.109. The number of benzene rings is 4. The maximum Gasteiger partial charge on any atom is 0.157 e. The number of rotatable bonds is 12. The molecule has 1 aromatic heterocycles. The summed E-state index contributed by atoms with van der Waals surface area (Å²) >= 11 is 6.47. The number of carbonyl (C=O) groups is 2. The first-order valence-electron chi connectivity index (χ1n) is 14.3. The Balaban J connectivity index is 1.38. The smallest absolute Gasteiger partial charge is 0.157 e. The van der Waals surface area contributed by atoms with Gasteiger partial charge in [0.25, 0.3) is 0 Å². The van der Waals surface area contributed by atoms with E-state index < -0.39 is 5.82 Å². The Kier molecular flexibility index (Phi) is 10.1. The SMILES string of the molecule is Cc1c(COc2cc(OCc3cncc(C#N)c3)c(C=O)cc2Cl)cccc1-c1cccc(-c2ccc(OCC=O)cc2F)c1C. The van der Waals surface area contributed by atoms with Crippen LogP contribution in [0, 0.1) is 31.0 Å². The van der Waals surface area contributed by atoms with Crippen LogP contribution in [0.2, 0.25) is 5.02 Å². The highest BCUT2D eigenvalue weighted by molar-refractivity contribution is 6.32. The van der Waals surface area contributed by atoms with Crippen molar-refractivity contribution in [1.82, 2.24) is 4.98 Å². The highest BCUT2D eigenvalue weighted by Gasteiger charge is 2.16. The largest absolute Gasteiger partial charge is 0.488 e. The van der Waals surface area contributed by atoms with E-state index in [1.807, 2.05) is 56.3 Å². The van der Waals surface area contributed by atoms with Crippen molar-refractivity contribution in [2.45, 2.75) is 27.1 Å². The Bertz CT molecular complexity index is 1970. The Morgan fingerprint density at radius 2 is 1.54 bits per heavy atom. The maximum atomic E-state index is 15.1. The molecule has 0 bridgehead atoms. The maximum absolute atomic E-state index is 15.1. The van der Waals surface area contributed by atoms with Crippen LogP contribution in [-0.4, -0.2) is 24.2 Å². The summed E-state index contributed by atoms with van der Waals surface area (Å²) in [5, 5.41) is 9.38. The van der Waals surface area contributed by atoms with Gasteiger partial charge in [0.15, 0.2) is 12.6 Å². The van der Waals surface area contributed by atoms with E-state index in [0.717, 1.165) is 33.4 Å². The van der Waals surface area contributed by atoms with E-state index in [1.54, 1.807) is 30.5 Å². The van der Waals surface area contributed by atoms with Crippen LogP contribution in [0.15, 0.2) is 85.2 Å². The molecule has 7 nitrogen and oxygen atoms in total. The lowest BCUT2D eigenvalue weighted by Gasteiger charge is -2.18. The van der Waals surface area contributed by atoms with E-state index in [9.17, 15) is 9.59 Å². The van der Waals surface area contributed by atoms with Crippen LogP contribution in [0.1, 0.15) is 38.2 Å². The molecule has 0 unspecified atom stereocenters. The summed E-state index contributed by atoms with van der Waals surface area (Å²) in [6.07, 6.45) is 4.31. The zero-order valence-corrected chi connectivity index (χ0v) is 25.8. The molecule has 4 aromatic carbocycles. The number of aromatic nitrogens is 1. The predicted molar refractivity (Wildman–Crippen MR) is 173 cm³/mol. The van der Waals surface area contributed by atoms with E-state index >= 15 is 4.39 Å². The van der Waals surface area contributed by atoms with Gasteiger partial charge in [-0.3, -0.25) is 14.6 Å². The van der Waals surface area contributed by atoms with Gasteiger partial charge in [-0.15, -0.1) is 0 Å². The minimum absolute atomic E-state index is 0.0893. The molecule has 46 heavy (non-hydrogen) atoms. The van der Waals surface area contributed by atoms with Crippen molar-refractivity contribution >= 4 is 24.2 Å². The molecule has 0 aliphatic carbocycles. The number of carbonyl (C=O) groups excluding carboxylic acids is 2. The number of hydrogen-bond donors (Lipinski definition) is 0. The van der Waals surface area contributed by atoms with Crippen LogP contribution >= 0.6 is 11.6 Å². The summed E-state index contributed by atoms with van der Waals surface area (Å²) in [5.74, 6) is 0.458. The molecule has 0 fully saturated rings. The lowest BCUT2D eigenvalue weighted by Crippen LogP contribution is -2.03. The average molecular weight is 635 g/mol. The molecule has 0 atom stereocenters. The number of pyridine rings is 1. The molecule has 0 saturated carbocycles. The lowest BCUT2D eigenvalue weighted by atomic mass is 9.89. The molecule has 0 amide bonds. The minimum atomic E-state index is -0.448. The van der Waals surface area contributed by atoms with Crippen LogP contribution in [0.25, 0.3) is 22.3 Å². The Morgan fingerprint density at radius 3 is 2.26 bits per heavy atom. The second kappa shape index (κ2) is 14.5. The fourth-order valence-corrected chi connectivity index (χ4v) is 5.33. The quantitative estimate of drug-likeness (QED) is 0.127. The van der Waals surface area contributed by atoms with Gasteiger partial charge in [-0.2, -0.15) is 5.26 Å². The summed E-state index contributed by atoms with van der Waals surface area (Å²) in [5.41, 5.74) is 7.18. The van der Waals surface area contributed by atoms with Gasteiger partial charge >= 0.3 is 0 Å². The number of aldehydes is 2. The molecule has 0 radical (unpaired) electrons. The van der Waals surface area contributed by atoms with E-state index in [1.165, 1.54) is 18.3 Å². The van der Waals surface area contributed by atoms with Crippen molar-refractivity contribution in [3.63, 3.8) is 0 Å². The second-order valence-electron chi connectivity index (χ2n) is 10.4. The Labute approximate surface area is 270 Å². The van der Waals surface area contributed by atoms with Gasteiger partial charge in [-0.25, -0.2) is 4.39 Å². The van der Waals surface area contributed by atoms with E-state index in [2.05, 4.69) is 4.98 Å². The molecule has 0 aliphatic rings. The van der Waals surface area contributed by atoms with E-state index in [-0.39, 0.29) is 41.9 Å². The van der Waals surface area contributed by atoms with Crippen molar-refractivity contribution in [3.05, 3.63) is 129 Å². The molecule has 0 saturated heterocycles. The van der Waals surface area contributed by atoms with Crippen molar-refractivity contribution in [2.24, 2.45) is 0 Å². The summed E-state index contributed by atoms with van der Waals surface area (Å²) in [6, 6.07) is 23.0. The molecular weight excluding hydrogens is 607 g/mol. The van der Waals surface area contributed by atoms with Crippen molar-refractivity contribution in [2.75, 3.05) is 6.61 Å². The second-order valence-corrected chi connectivity index (χ2v) is 10.8. The molecule has 5 rings (SSSR count). The first-order valence-corrected chi connectivity index (χ1v) is 14.6. The summed E-state index contributed by atoms with van der Waals surface area (Å²) in [6.45, 7) is 4.07. The Morgan fingerprint density at radius 1 is 0.826 bits per heavy atom. The number of halogens is 2. The van der Waals surface area contributed by atoms with Crippen molar-refractivity contribution in [3.8, 4) is 45.6 Å². The van der Waals surface area contributed by atoms with Crippen molar-refractivity contribution < 1.29 is 28.2 Å². The average Bonchev–Trinajstić information content (AvgIpc) is 3.07. The minimum Gasteiger partial charge on any atom is -0.488 e. The molecule has 1 heterocycles. The van der Waals surface area contributed by atoms with E-state index in [0.29, 0.717) is 35.0 Å². The van der Waals surface area contributed by atoms with Gasteiger partial charge in [0, 0.05) is 35.7 Å². The first-order chi connectivity index (χ1) is 22.3. The molecule has 5 aromatic rings. The van der Waals surface area contributed by atoms with Gasteiger partial charge in [0.2, 0.25) is 0 Å². The number of nitriles is 1. The van der Waals surface area contributed by atoms with Gasteiger partial charge < -0.3 is 14.2 Å².